The molecule has 0 saturated heterocycles. The Morgan fingerprint density at radius 1 is 1.29 bits per heavy atom. The Morgan fingerprint density at radius 2 is 1.82 bits per heavy atom. The highest BCUT2D eigenvalue weighted by Gasteiger charge is 2.36. The molecule has 3 nitrogen and oxygen atoms in total. The predicted molar refractivity (Wildman–Crippen MR) is 71.8 cm³/mol. The second kappa shape index (κ2) is 4.78. The van der Waals surface area contributed by atoms with Gasteiger partial charge in [0, 0.05) is 12.3 Å². The quantitative estimate of drug-likeness (QED) is 0.890. The van der Waals surface area contributed by atoms with E-state index in [1.54, 1.807) is 13.8 Å². The highest BCUT2D eigenvalue weighted by atomic mass is 32.2. The van der Waals surface area contributed by atoms with Gasteiger partial charge in [-0.2, -0.15) is 0 Å². The number of hydrogen-bond donors (Lipinski definition) is 1. The molecular weight excluding hydrogens is 234 g/mol. The van der Waals surface area contributed by atoms with Crippen LogP contribution in [-0.4, -0.2) is 25.5 Å². The van der Waals surface area contributed by atoms with Crippen LogP contribution in [0.3, 0.4) is 0 Å². The molecule has 1 aromatic carbocycles. The van der Waals surface area contributed by atoms with Crippen molar-refractivity contribution in [2.75, 3.05) is 6.26 Å². The number of benzene rings is 1. The van der Waals surface area contributed by atoms with Gasteiger partial charge in [-0.3, -0.25) is 0 Å². The molecule has 1 unspecified atom stereocenters. The van der Waals surface area contributed by atoms with Crippen molar-refractivity contribution in [3.63, 3.8) is 0 Å². The number of aryl methyl sites for hydroxylation is 1. The molecule has 0 radical (unpaired) electrons. The van der Waals surface area contributed by atoms with Crippen molar-refractivity contribution in [1.29, 1.82) is 0 Å². The molecule has 0 heterocycles. The van der Waals surface area contributed by atoms with Crippen LogP contribution in [0.25, 0.3) is 0 Å². The molecule has 0 aliphatic carbocycles. The molecule has 0 aliphatic rings. The fourth-order valence-corrected chi connectivity index (χ4v) is 2.23. The van der Waals surface area contributed by atoms with Crippen LogP contribution in [0.15, 0.2) is 24.3 Å². The number of rotatable bonds is 4. The fraction of sp³-hybridized carbons (Fsp3) is 0.538. The molecule has 0 spiro atoms. The van der Waals surface area contributed by atoms with Crippen LogP contribution in [0.4, 0.5) is 0 Å². The molecule has 1 atom stereocenters. The van der Waals surface area contributed by atoms with E-state index in [0.29, 0.717) is 6.42 Å². The van der Waals surface area contributed by atoms with Gasteiger partial charge in [0.1, 0.15) is 0 Å². The van der Waals surface area contributed by atoms with Crippen LogP contribution >= 0.6 is 0 Å². The average Bonchev–Trinajstić information content (AvgIpc) is 2.19. The van der Waals surface area contributed by atoms with Gasteiger partial charge in [0.05, 0.1) is 4.75 Å². The maximum atomic E-state index is 11.7. The molecule has 1 rings (SSSR count). The SMILES string of the molecule is Cc1ccccc1CC(N)C(C)(C)S(C)(=O)=O. The van der Waals surface area contributed by atoms with Crippen molar-refractivity contribution in [3.8, 4) is 0 Å². The van der Waals surface area contributed by atoms with E-state index < -0.39 is 20.6 Å². The van der Waals surface area contributed by atoms with E-state index in [1.807, 2.05) is 31.2 Å². The largest absolute Gasteiger partial charge is 0.326 e. The van der Waals surface area contributed by atoms with Crippen LogP contribution in [0.1, 0.15) is 25.0 Å². The van der Waals surface area contributed by atoms with E-state index in [9.17, 15) is 8.42 Å². The highest BCUT2D eigenvalue weighted by molar-refractivity contribution is 7.92. The lowest BCUT2D eigenvalue weighted by Crippen LogP contribution is -2.50. The Kier molecular flexibility index (Phi) is 3.99. The smallest absolute Gasteiger partial charge is 0.154 e. The summed E-state index contributed by atoms with van der Waals surface area (Å²) in [5.74, 6) is 0. The second-order valence-electron chi connectivity index (χ2n) is 5.11. The Balaban J connectivity index is 2.95. The van der Waals surface area contributed by atoms with E-state index >= 15 is 0 Å². The molecule has 96 valence electrons. The Bertz CT molecular complexity index is 492. The van der Waals surface area contributed by atoms with Crippen LogP contribution in [0, 0.1) is 6.92 Å². The van der Waals surface area contributed by atoms with Gasteiger partial charge in [0.25, 0.3) is 0 Å². The zero-order chi connectivity index (χ0) is 13.3. The van der Waals surface area contributed by atoms with Gasteiger partial charge >= 0.3 is 0 Å². The first kappa shape index (κ1) is 14.2. The summed E-state index contributed by atoms with van der Waals surface area (Å²) >= 11 is 0. The minimum absolute atomic E-state index is 0.404. The minimum atomic E-state index is -3.16. The maximum Gasteiger partial charge on any atom is 0.154 e. The van der Waals surface area contributed by atoms with Crippen LogP contribution < -0.4 is 5.73 Å². The third-order valence-electron chi connectivity index (χ3n) is 3.55. The van der Waals surface area contributed by atoms with Gasteiger partial charge in [-0.1, -0.05) is 24.3 Å². The molecule has 1 aromatic rings. The first-order valence-electron chi connectivity index (χ1n) is 5.66. The number of hydrogen-bond acceptors (Lipinski definition) is 3. The van der Waals surface area contributed by atoms with Crippen LogP contribution in [-0.2, 0) is 16.3 Å². The standard InChI is InChI=1S/C13H21NO2S/c1-10-7-5-6-8-11(10)9-12(14)13(2,3)17(4,15)16/h5-8,12H,9,14H2,1-4H3. The molecule has 0 saturated carbocycles. The van der Waals surface area contributed by atoms with E-state index in [0.717, 1.165) is 11.1 Å². The molecule has 17 heavy (non-hydrogen) atoms. The zero-order valence-electron chi connectivity index (χ0n) is 10.9. The molecule has 0 bridgehead atoms. The summed E-state index contributed by atoms with van der Waals surface area (Å²) in [7, 11) is -3.16. The van der Waals surface area contributed by atoms with E-state index in [4.69, 9.17) is 5.73 Å². The van der Waals surface area contributed by atoms with Crippen LogP contribution in [0.2, 0.25) is 0 Å². The minimum Gasteiger partial charge on any atom is -0.326 e. The second-order valence-corrected chi connectivity index (χ2v) is 7.71. The van der Waals surface area contributed by atoms with E-state index in [-0.39, 0.29) is 0 Å². The van der Waals surface area contributed by atoms with Crippen molar-refractivity contribution >= 4 is 9.84 Å². The summed E-state index contributed by atoms with van der Waals surface area (Å²) in [4.78, 5) is 0. The average molecular weight is 255 g/mol. The van der Waals surface area contributed by atoms with Gasteiger partial charge in [0.2, 0.25) is 0 Å². The maximum absolute atomic E-state index is 11.7. The summed E-state index contributed by atoms with van der Waals surface area (Å²) in [6.45, 7) is 5.38. The lowest BCUT2D eigenvalue weighted by Gasteiger charge is -2.30. The van der Waals surface area contributed by atoms with Gasteiger partial charge in [-0.05, 0) is 38.3 Å². The molecule has 2 N–H and O–H groups in total. The van der Waals surface area contributed by atoms with Crippen molar-refractivity contribution < 1.29 is 8.42 Å². The van der Waals surface area contributed by atoms with E-state index in [2.05, 4.69) is 0 Å². The first-order chi connectivity index (χ1) is 7.66. The Labute approximate surface area is 104 Å². The normalized spacial score (nSPS) is 14.6. The third kappa shape index (κ3) is 3.07. The van der Waals surface area contributed by atoms with Gasteiger partial charge in [-0.15, -0.1) is 0 Å². The lowest BCUT2D eigenvalue weighted by molar-refractivity contribution is 0.481. The third-order valence-corrected chi connectivity index (χ3v) is 5.76. The van der Waals surface area contributed by atoms with Crippen molar-refractivity contribution in [2.24, 2.45) is 5.73 Å². The monoisotopic (exact) mass is 255 g/mol. The highest BCUT2D eigenvalue weighted by Crippen LogP contribution is 2.22. The van der Waals surface area contributed by atoms with Crippen molar-refractivity contribution in [1.82, 2.24) is 0 Å². The predicted octanol–water partition coefficient (Wildman–Crippen LogP) is 1.69. The van der Waals surface area contributed by atoms with Gasteiger partial charge < -0.3 is 5.73 Å². The molecule has 4 heteroatoms. The molecule has 0 aromatic heterocycles. The molecule has 0 amide bonds. The van der Waals surface area contributed by atoms with E-state index in [1.165, 1.54) is 6.26 Å². The molecule has 0 aliphatic heterocycles. The summed E-state index contributed by atoms with van der Waals surface area (Å²) in [6, 6.07) is 7.51. The summed E-state index contributed by atoms with van der Waals surface area (Å²) in [6.07, 6.45) is 1.82. The molecular formula is C13H21NO2S. The first-order valence-corrected chi connectivity index (χ1v) is 7.55. The van der Waals surface area contributed by atoms with Crippen molar-refractivity contribution in [3.05, 3.63) is 35.4 Å². The molecule has 0 fully saturated rings. The van der Waals surface area contributed by atoms with Crippen LogP contribution in [0.5, 0.6) is 0 Å². The lowest BCUT2D eigenvalue weighted by atomic mass is 9.94. The van der Waals surface area contributed by atoms with Gasteiger partial charge in [0.15, 0.2) is 9.84 Å². The fourth-order valence-electron chi connectivity index (χ4n) is 1.60. The summed E-state index contributed by atoms with van der Waals surface area (Å²) in [5.41, 5.74) is 8.31. The Morgan fingerprint density at radius 3 is 2.29 bits per heavy atom. The van der Waals surface area contributed by atoms with Crippen molar-refractivity contribution in [2.45, 2.75) is 38.0 Å². The summed E-state index contributed by atoms with van der Waals surface area (Å²) < 4.78 is 22.5. The number of sulfone groups is 1. The zero-order valence-corrected chi connectivity index (χ0v) is 11.7. The Hall–Kier alpha value is -0.870. The summed E-state index contributed by atoms with van der Waals surface area (Å²) in [5, 5.41) is 0. The number of nitrogens with two attached hydrogens (primary N) is 1. The topological polar surface area (TPSA) is 60.2 Å². The van der Waals surface area contributed by atoms with Gasteiger partial charge in [-0.25, -0.2) is 8.42 Å².